The van der Waals surface area contributed by atoms with Gasteiger partial charge in [-0.05, 0) is 24.1 Å². The van der Waals surface area contributed by atoms with Crippen LogP contribution in [0.25, 0.3) is 0 Å². The highest BCUT2D eigenvalue weighted by molar-refractivity contribution is 5.83. The Hall–Kier alpha value is -1.95. The van der Waals surface area contributed by atoms with Crippen LogP contribution >= 0.6 is 0 Å². The zero-order valence-electron chi connectivity index (χ0n) is 9.17. The Balaban J connectivity index is 2.37. The van der Waals surface area contributed by atoms with Crippen LogP contribution in [0.5, 0.6) is 0 Å². The molecule has 0 aliphatic carbocycles. The Morgan fingerprint density at radius 1 is 1.35 bits per heavy atom. The van der Waals surface area contributed by atoms with Crippen LogP contribution in [0.15, 0.2) is 24.5 Å². The number of nitrogens with zero attached hydrogens (tertiary/aromatic N) is 1. The molecule has 1 heterocycles. The first-order valence-corrected chi connectivity index (χ1v) is 5.15. The van der Waals surface area contributed by atoms with E-state index < -0.39 is 24.5 Å². The summed E-state index contributed by atoms with van der Waals surface area (Å²) in [6, 6.07) is 2.34. The van der Waals surface area contributed by atoms with E-state index in [1.165, 1.54) is 0 Å². The third-order valence-corrected chi connectivity index (χ3v) is 2.21. The molecular weight excluding hydrogens is 224 g/mol. The second kappa shape index (κ2) is 6.59. The lowest BCUT2D eigenvalue weighted by molar-refractivity contribution is -0.142. The first kappa shape index (κ1) is 13.1. The molecule has 0 fully saturated rings. The minimum absolute atomic E-state index is 0.174. The molecule has 3 N–H and O–H groups in total. The molecule has 92 valence electrons. The summed E-state index contributed by atoms with van der Waals surface area (Å²) in [6.07, 6.45) is 3.93. The van der Waals surface area contributed by atoms with Gasteiger partial charge >= 0.3 is 5.97 Å². The van der Waals surface area contributed by atoms with Crippen LogP contribution in [0.3, 0.4) is 0 Å². The molecule has 0 radical (unpaired) electrons. The summed E-state index contributed by atoms with van der Waals surface area (Å²) in [7, 11) is 0. The van der Waals surface area contributed by atoms with Gasteiger partial charge in [0.25, 0.3) is 0 Å². The van der Waals surface area contributed by atoms with E-state index in [1.54, 1.807) is 24.5 Å². The summed E-state index contributed by atoms with van der Waals surface area (Å²) in [5, 5.41) is 19.6. The van der Waals surface area contributed by atoms with Crippen molar-refractivity contribution in [3.05, 3.63) is 30.1 Å². The van der Waals surface area contributed by atoms with Gasteiger partial charge in [-0.1, -0.05) is 0 Å². The fourth-order valence-electron chi connectivity index (χ4n) is 1.26. The van der Waals surface area contributed by atoms with E-state index in [1.807, 2.05) is 0 Å². The van der Waals surface area contributed by atoms with Crippen molar-refractivity contribution in [1.29, 1.82) is 0 Å². The maximum absolute atomic E-state index is 11.4. The fourth-order valence-corrected chi connectivity index (χ4v) is 1.26. The number of amides is 1. The van der Waals surface area contributed by atoms with Gasteiger partial charge in [0.05, 0.1) is 6.61 Å². The lowest BCUT2D eigenvalue weighted by Gasteiger charge is -2.11. The number of nitrogens with one attached hydrogen (secondary N) is 1. The molecule has 0 aliphatic rings. The average molecular weight is 238 g/mol. The molecule has 1 amide bonds. The number of aliphatic carboxylic acids is 1. The molecule has 1 aromatic heterocycles. The molecule has 17 heavy (non-hydrogen) atoms. The zero-order chi connectivity index (χ0) is 12.7. The zero-order valence-corrected chi connectivity index (χ0v) is 9.17. The predicted octanol–water partition coefficient (Wildman–Crippen LogP) is -0.424. The third kappa shape index (κ3) is 4.60. The number of aliphatic hydroxyl groups is 1. The maximum atomic E-state index is 11.4. The molecule has 1 rings (SSSR count). The van der Waals surface area contributed by atoms with Gasteiger partial charge in [-0.15, -0.1) is 0 Å². The summed E-state index contributed by atoms with van der Waals surface area (Å²) in [4.78, 5) is 25.8. The summed E-state index contributed by atoms with van der Waals surface area (Å²) < 4.78 is 0. The Kier molecular flexibility index (Phi) is 5.09. The number of rotatable bonds is 6. The molecule has 0 aliphatic heterocycles. The number of aryl methyl sites for hydroxylation is 1. The maximum Gasteiger partial charge on any atom is 0.328 e. The predicted molar refractivity (Wildman–Crippen MR) is 59.2 cm³/mol. The van der Waals surface area contributed by atoms with Crippen molar-refractivity contribution >= 4 is 11.9 Å². The number of carboxylic acid groups (broad SMARTS) is 1. The van der Waals surface area contributed by atoms with Gasteiger partial charge in [0.2, 0.25) is 5.91 Å². The second-order valence-electron chi connectivity index (χ2n) is 3.50. The number of carbonyl (C=O) groups is 2. The minimum atomic E-state index is -1.25. The van der Waals surface area contributed by atoms with E-state index in [0.717, 1.165) is 5.56 Å². The second-order valence-corrected chi connectivity index (χ2v) is 3.50. The monoisotopic (exact) mass is 238 g/mol. The number of hydrogen-bond acceptors (Lipinski definition) is 4. The van der Waals surface area contributed by atoms with Gasteiger partial charge in [-0.25, -0.2) is 4.79 Å². The molecule has 6 heteroatoms. The number of pyridine rings is 1. The van der Waals surface area contributed by atoms with Gasteiger partial charge in [0.15, 0.2) is 0 Å². The summed E-state index contributed by atoms with van der Waals surface area (Å²) in [5.74, 6) is -1.65. The number of carbonyl (C=O) groups excluding carboxylic acids is 1. The van der Waals surface area contributed by atoms with E-state index in [4.69, 9.17) is 10.2 Å². The molecule has 0 saturated carbocycles. The van der Waals surface area contributed by atoms with E-state index >= 15 is 0 Å². The lowest BCUT2D eigenvalue weighted by Crippen LogP contribution is -2.43. The molecule has 1 aromatic rings. The third-order valence-electron chi connectivity index (χ3n) is 2.21. The first-order chi connectivity index (χ1) is 8.13. The number of hydrogen-bond donors (Lipinski definition) is 3. The smallest absolute Gasteiger partial charge is 0.328 e. The van der Waals surface area contributed by atoms with Gasteiger partial charge in [-0.2, -0.15) is 0 Å². The topological polar surface area (TPSA) is 99.5 Å². The van der Waals surface area contributed by atoms with Crippen LogP contribution in [0, 0.1) is 0 Å². The standard InChI is InChI=1S/C11H14N2O4/c14-7-9(11(16)17)13-10(15)2-1-8-3-5-12-6-4-8/h3-6,9,14H,1-2,7H2,(H,13,15)(H,16,17)/t9-/m0/s1. The van der Waals surface area contributed by atoms with Crippen LogP contribution < -0.4 is 5.32 Å². The summed E-state index contributed by atoms with van der Waals surface area (Å²) in [5.41, 5.74) is 0.950. The largest absolute Gasteiger partial charge is 0.480 e. The number of carboxylic acids is 1. The summed E-state index contributed by atoms with van der Waals surface area (Å²) >= 11 is 0. The molecule has 0 bridgehead atoms. The van der Waals surface area contributed by atoms with Crippen LogP contribution in [0.1, 0.15) is 12.0 Å². The van der Waals surface area contributed by atoms with Crippen LogP contribution in [-0.4, -0.2) is 39.7 Å². The van der Waals surface area contributed by atoms with Gasteiger partial charge in [0, 0.05) is 18.8 Å². The minimum Gasteiger partial charge on any atom is -0.480 e. The normalized spacial score (nSPS) is 11.8. The highest BCUT2D eigenvalue weighted by Crippen LogP contribution is 2.00. The van der Waals surface area contributed by atoms with Gasteiger partial charge < -0.3 is 15.5 Å². The van der Waals surface area contributed by atoms with E-state index in [0.29, 0.717) is 6.42 Å². The number of aliphatic hydroxyl groups excluding tert-OH is 1. The highest BCUT2D eigenvalue weighted by atomic mass is 16.4. The van der Waals surface area contributed by atoms with Crippen molar-refractivity contribution in [1.82, 2.24) is 10.3 Å². The van der Waals surface area contributed by atoms with Crippen molar-refractivity contribution in [3.8, 4) is 0 Å². The Morgan fingerprint density at radius 3 is 2.53 bits per heavy atom. The highest BCUT2D eigenvalue weighted by Gasteiger charge is 2.18. The first-order valence-electron chi connectivity index (χ1n) is 5.15. The Labute approximate surface area is 98.3 Å². The summed E-state index contributed by atoms with van der Waals surface area (Å²) in [6.45, 7) is -0.615. The van der Waals surface area contributed by atoms with E-state index in [2.05, 4.69) is 10.3 Å². The van der Waals surface area contributed by atoms with E-state index in [9.17, 15) is 9.59 Å². The Morgan fingerprint density at radius 2 is 2.00 bits per heavy atom. The van der Waals surface area contributed by atoms with Crippen molar-refractivity contribution < 1.29 is 19.8 Å². The lowest BCUT2D eigenvalue weighted by atomic mass is 10.1. The molecule has 0 unspecified atom stereocenters. The van der Waals surface area contributed by atoms with Crippen LogP contribution in [-0.2, 0) is 16.0 Å². The van der Waals surface area contributed by atoms with E-state index in [-0.39, 0.29) is 6.42 Å². The van der Waals surface area contributed by atoms with Crippen molar-refractivity contribution in [2.24, 2.45) is 0 Å². The molecule has 0 aromatic carbocycles. The Bertz CT molecular complexity index is 380. The molecule has 0 saturated heterocycles. The van der Waals surface area contributed by atoms with Crippen LogP contribution in [0.4, 0.5) is 0 Å². The SMILES string of the molecule is O=C(CCc1ccncc1)N[C@@H](CO)C(=O)O. The van der Waals surface area contributed by atoms with Crippen LogP contribution in [0.2, 0.25) is 0 Å². The number of aromatic nitrogens is 1. The fraction of sp³-hybridized carbons (Fsp3) is 0.364. The van der Waals surface area contributed by atoms with Gasteiger partial charge in [0.1, 0.15) is 6.04 Å². The quantitative estimate of drug-likeness (QED) is 0.625. The molecule has 0 spiro atoms. The molecule has 6 nitrogen and oxygen atoms in total. The molecule has 1 atom stereocenters. The van der Waals surface area contributed by atoms with Crippen molar-refractivity contribution in [3.63, 3.8) is 0 Å². The molecular formula is C11H14N2O4. The van der Waals surface area contributed by atoms with Crippen molar-refractivity contribution in [2.45, 2.75) is 18.9 Å². The van der Waals surface area contributed by atoms with Crippen molar-refractivity contribution in [2.75, 3.05) is 6.61 Å². The van der Waals surface area contributed by atoms with Gasteiger partial charge in [-0.3, -0.25) is 9.78 Å². The average Bonchev–Trinajstić information content (AvgIpc) is 2.34.